The Morgan fingerprint density at radius 3 is 2.75 bits per heavy atom. The standard InChI is InChI=1S/C11H14N2O3/c1-12-10(14)7-13-11(15)8-4-3-5-9(6-8)16-2/h3-6H,7H2,1-2H3,(H,12,14)(H,13,15). The maximum atomic E-state index is 11.6. The molecule has 86 valence electrons. The molecular formula is C11H14N2O3. The van der Waals surface area contributed by atoms with Crippen LogP contribution in [-0.4, -0.2) is 32.5 Å². The van der Waals surface area contributed by atoms with Gasteiger partial charge in [0.25, 0.3) is 5.91 Å². The van der Waals surface area contributed by atoms with Crippen molar-refractivity contribution in [3.05, 3.63) is 29.8 Å². The first-order valence-corrected chi connectivity index (χ1v) is 4.80. The van der Waals surface area contributed by atoms with E-state index in [1.54, 1.807) is 24.3 Å². The average Bonchev–Trinajstić information content (AvgIpc) is 2.35. The van der Waals surface area contributed by atoms with E-state index in [1.165, 1.54) is 14.2 Å². The molecule has 0 saturated carbocycles. The fraction of sp³-hybridized carbons (Fsp3) is 0.273. The summed E-state index contributed by atoms with van der Waals surface area (Å²) in [5, 5.41) is 4.91. The SMILES string of the molecule is CNC(=O)CNC(=O)c1cccc(OC)c1. The van der Waals surface area contributed by atoms with Gasteiger partial charge in [0.15, 0.2) is 0 Å². The first-order valence-electron chi connectivity index (χ1n) is 4.80. The van der Waals surface area contributed by atoms with Gasteiger partial charge in [0.2, 0.25) is 5.91 Å². The minimum absolute atomic E-state index is 0.0352. The summed E-state index contributed by atoms with van der Waals surface area (Å²) in [4.78, 5) is 22.5. The van der Waals surface area contributed by atoms with Crippen molar-refractivity contribution in [2.24, 2.45) is 0 Å². The summed E-state index contributed by atoms with van der Waals surface area (Å²) >= 11 is 0. The monoisotopic (exact) mass is 222 g/mol. The second-order valence-electron chi connectivity index (χ2n) is 3.09. The Labute approximate surface area is 93.8 Å². The number of hydrogen-bond acceptors (Lipinski definition) is 3. The molecule has 16 heavy (non-hydrogen) atoms. The van der Waals surface area contributed by atoms with Crippen LogP contribution in [0.5, 0.6) is 5.75 Å². The molecule has 2 amide bonds. The topological polar surface area (TPSA) is 67.4 Å². The molecule has 1 aromatic rings. The number of likely N-dealkylation sites (N-methyl/N-ethyl adjacent to an activating group) is 1. The molecule has 0 aromatic heterocycles. The molecule has 0 atom stereocenters. The number of amides is 2. The molecule has 0 bridgehead atoms. The second-order valence-corrected chi connectivity index (χ2v) is 3.09. The predicted octanol–water partition coefficient (Wildman–Crippen LogP) is 0.171. The number of benzene rings is 1. The first kappa shape index (κ1) is 12.0. The smallest absolute Gasteiger partial charge is 0.251 e. The minimum Gasteiger partial charge on any atom is -0.497 e. The maximum Gasteiger partial charge on any atom is 0.251 e. The van der Waals surface area contributed by atoms with Crippen molar-refractivity contribution in [1.82, 2.24) is 10.6 Å². The van der Waals surface area contributed by atoms with Crippen LogP contribution < -0.4 is 15.4 Å². The number of carbonyl (C=O) groups excluding carboxylic acids is 2. The molecule has 0 aliphatic carbocycles. The van der Waals surface area contributed by atoms with Gasteiger partial charge < -0.3 is 15.4 Å². The molecule has 2 N–H and O–H groups in total. The molecule has 0 radical (unpaired) electrons. The van der Waals surface area contributed by atoms with E-state index in [2.05, 4.69) is 10.6 Å². The van der Waals surface area contributed by atoms with Crippen LogP contribution in [-0.2, 0) is 4.79 Å². The van der Waals surface area contributed by atoms with E-state index < -0.39 is 0 Å². The van der Waals surface area contributed by atoms with Crippen LogP contribution in [0, 0.1) is 0 Å². The van der Waals surface area contributed by atoms with E-state index in [1.807, 2.05) is 0 Å². The number of methoxy groups -OCH3 is 1. The third-order valence-corrected chi connectivity index (χ3v) is 2.02. The van der Waals surface area contributed by atoms with Gasteiger partial charge in [0.1, 0.15) is 5.75 Å². The summed E-state index contributed by atoms with van der Waals surface area (Å²) in [5.74, 6) is 0.0614. The average molecular weight is 222 g/mol. The Morgan fingerprint density at radius 2 is 2.12 bits per heavy atom. The number of hydrogen-bond donors (Lipinski definition) is 2. The van der Waals surface area contributed by atoms with Gasteiger partial charge in [0.05, 0.1) is 13.7 Å². The quantitative estimate of drug-likeness (QED) is 0.763. The highest BCUT2D eigenvalue weighted by Gasteiger charge is 2.07. The van der Waals surface area contributed by atoms with Gasteiger partial charge in [-0.3, -0.25) is 9.59 Å². The van der Waals surface area contributed by atoms with Crippen LogP contribution in [0.1, 0.15) is 10.4 Å². The zero-order chi connectivity index (χ0) is 12.0. The Bertz CT molecular complexity index is 391. The van der Waals surface area contributed by atoms with E-state index in [-0.39, 0.29) is 18.4 Å². The molecule has 0 fully saturated rings. The third kappa shape index (κ3) is 3.27. The minimum atomic E-state index is -0.303. The molecule has 5 heteroatoms. The van der Waals surface area contributed by atoms with Crippen LogP contribution >= 0.6 is 0 Å². The van der Waals surface area contributed by atoms with Crippen molar-refractivity contribution < 1.29 is 14.3 Å². The normalized spacial score (nSPS) is 9.38. The van der Waals surface area contributed by atoms with E-state index in [0.29, 0.717) is 11.3 Å². The Kier molecular flexibility index (Phi) is 4.32. The van der Waals surface area contributed by atoms with Crippen LogP contribution in [0.3, 0.4) is 0 Å². The largest absolute Gasteiger partial charge is 0.497 e. The maximum absolute atomic E-state index is 11.6. The highest BCUT2D eigenvalue weighted by Crippen LogP contribution is 2.11. The van der Waals surface area contributed by atoms with Crippen molar-refractivity contribution in [3.63, 3.8) is 0 Å². The Balaban J connectivity index is 2.62. The predicted molar refractivity (Wildman–Crippen MR) is 59.4 cm³/mol. The first-order chi connectivity index (χ1) is 7.67. The van der Waals surface area contributed by atoms with Crippen LogP contribution in [0.4, 0.5) is 0 Å². The second kappa shape index (κ2) is 5.75. The molecule has 1 rings (SSSR count). The van der Waals surface area contributed by atoms with Crippen LogP contribution in [0.15, 0.2) is 24.3 Å². The van der Waals surface area contributed by atoms with E-state index in [4.69, 9.17) is 4.74 Å². The number of nitrogens with one attached hydrogen (secondary N) is 2. The molecule has 0 aliphatic heterocycles. The zero-order valence-electron chi connectivity index (χ0n) is 9.24. The third-order valence-electron chi connectivity index (χ3n) is 2.02. The lowest BCUT2D eigenvalue weighted by Crippen LogP contribution is -2.35. The van der Waals surface area contributed by atoms with Crippen molar-refractivity contribution in [2.45, 2.75) is 0 Å². The molecule has 0 unspecified atom stereocenters. The van der Waals surface area contributed by atoms with Gasteiger partial charge in [-0.25, -0.2) is 0 Å². The molecular weight excluding hydrogens is 208 g/mol. The molecule has 5 nitrogen and oxygen atoms in total. The van der Waals surface area contributed by atoms with Crippen LogP contribution in [0.2, 0.25) is 0 Å². The summed E-state index contributed by atoms with van der Waals surface area (Å²) in [5.41, 5.74) is 0.461. The summed E-state index contributed by atoms with van der Waals surface area (Å²) in [6, 6.07) is 6.73. The lowest BCUT2D eigenvalue weighted by Gasteiger charge is -2.05. The molecule has 0 heterocycles. The van der Waals surface area contributed by atoms with Gasteiger partial charge >= 0.3 is 0 Å². The van der Waals surface area contributed by atoms with Crippen molar-refractivity contribution in [3.8, 4) is 5.75 Å². The molecule has 0 spiro atoms. The highest BCUT2D eigenvalue weighted by atomic mass is 16.5. The summed E-state index contributed by atoms with van der Waals surface area (Å²) in [6.45, 7) is -0.0352. The van der Waals surface area contributed by atoms with Crippen molar-refractivity contribution in [2.75, 3.05) is 20.7 Å². The van der Waals surface area contributed by atoms with E-state index in [9.17, 15) is 9.59 Å². The van der Waals surface area contributed by atoms with E-state index >= 15 is 0 Å². The fourth-order valence-electron chi connectivity index (χ4n) is 1.12. The summed E-state index contributed by atoms with van der Waals surface area (Å²) in [7, 11) is 3.04. The molecule has 1 aromatic carbocycles. The van der Waals surface area contributed by atoms with Gasteiger partial charge in [0, 0.05) is 12.6 Å². The number of rotatable bonds is 4. The van der Waals surface area contributed by atoms with Gasteiger partial charge in [-0.15, -0.1) is 0 Å². The lowest BCUT2D eigenvalue weighted by molar-refractivity contribution is -0.119. The number of carbonyl (C=O) groups is 2. The summed E-state index contributed by atoms with van der Waals surface area (Å²) in [6.07, 6.45) is 0. The van der Waals surface area contributed by atoms with Gasteiger partial charge in [-0.2, -0.15) is 0 Å². The number of ether oxygens (including phenoxy) is 1. The van der Waals surface area contributed by atoms with Crippen molar-refractivity contribution >= 4 is 11.8 Å². The van der Waals surface area contributed by atoms with Gasteiger partial charge in [-0.1, -0.05) is 6.07 Å². The highest BCUT2D eigenvalue weighted by molar-refractivity contribution is 5.96. The Morgan fingerprint density at radius 1 is 1.38 bits per heavy atom. The van der Waals surface area contributed by atoms with Gasteiger partial charge in [-0.05, 0) is 18.2 Å². The molecule has 0 saturated heterocycles. The molecule has 0 aliphatic rings. The van der Waals surface area contributed by atoms with Crippen LogP contribution in [0.25, 0.3) is 0 Å². The van der Waals surface area contributed by atoms with E-state index in [0.717, 1.165) is 0 Å². The Hall–Kier alpha value is -2.04. The fourth-order valence-corrected chi connectivity index (χ4v) is 1.12. The zero-order valence-corrected chi connectivity index (χ0v) is 9.24. The van der Waals surface area contributed by atoms with Crippen molar-refractivity contribution in [1.29, 1.82) is 0 Å². The lowest BCUT2D eigenvalue weighted by atomic mass is 10.2. The summed E-state index contributed by atoms with van der Waals surface area (Å²) < 4.78 is 4.99.